The van der Waals surface area contributed by atoms with E-state index < -0.39 is 12.2 Å². The van der Waals surface area contributed by atoms with Crippen molar-refractivity contribution >= 4 is 0 Å². The lowest BCUT2D eigenvalue weighted by Crippen LogP contribution is -2.51. The van der Waals surface area contributed by atoms with Gasteiger partial charge in [-0.2, -0.15) is 13.2 Å². The summed E-state index contributed by atoms with van der Waals surface area (Å²) in [6.07, 6.45) is -0.397. The van der Waals surface area contributed by atoms with Gasteiger partial charge in [0, 0.05) is 25.7 Å². The number of halogens is 3. The van der Waals surface area contributed by atoms with E-state index in [-0.39, 0.29) is 12.5 Å². The molecule has 7 heteroatoms. The number of rotatable bonds is 2. The first-order valence-corrected chi connectivity index (χ1v) is 5.63. The molecule has 2 unspecified atom stereocenters. The number of hydrogen-bond donors (Lipinski definition) is 1. The van der Waals surface area contributed by atoms with Gasteiger partial charge < -0.3 is 5.32 Å². The molecule has 1 aromatic heterocycles. The molecule has 2 atom stereocenters. The van der Waals surface area contributed by atoms with Crippen LogP contribution in [0.2, 0.25) is 0 Å². The largest absolute Gasteiger partial charge is 0.403 e. The maximum absolute atomic E-state index is 12.6. The van der Waals surface area contributed by atoms with Crippen LogP contribution in [0.4, 0.5) is 13.2 Å². The van der Waals surface area contributed by atoms with Crippen LogP contribution in [-0.2, 0) is 13.5 Å². The number of piperidine rings is 1. The lowest BCUT2D eigenvalue weighted by atomic mass is 9.95. The normalized spacial score (nSPS) is 26.1. The van der Waals surface area contributed by atoms with Crippen molar-refractivity contribution in [2.24, 2.45) is 7.05 Å². The fourth-order valence-corrected chi connectivity index (χ4v) is 2.18. The predicted octanol–water partition coefficient (Wildman–Crippen LogP) is 1.43. The molecule has 0 aliphatic carbocycles. The van der Waals surface area contributed by atoms with E-state index in [1.807, 2.05) is 0 Å². The lowest BCUT2D eigenvalue weighted by molar-refractivity contribution is -0.163. The van der Waals surface area contributed by atoms with Gasteiger partial charge in [0.15, 0.2) is 0 Å². The number of hydrogen-bond acceptors (Lipinski definition) is 3. The van der Waals surface area contributed by atoms with E-state index in [4.69, 9.17) is 0 Å². The Morgan fingerprint density at radius 2 is 2.24 bits per heavy atom. The van der Waals surface area contributed by atoms with Crippen LogP contribution in [0.1, 0.15) is 25.0 Å². The standard InChI is InChI=1S/C10H15F3N4/c1-17-6-8(15-16-17)5-7-3-2-4-9(14-7)10(11,12)13/h6-7,9,14H,2-5H2,1H3. The maximum Gasteiger partial charge on any atom is 0.403 e. The summed E-state index contributed by atoms with van der Waals surface area (Å²) in [5, 5.41) is 10.3. The SMILES string of the molecule is Cn1cc(CC2CCCC(C(F)(F)F)N2)nn1. The van der Waals surface area contributed by atoms with Crippen LogP contribution in [0, 0.1) is 0 Å². The average molecular weight is 248 g/mol. The quantitative estimate of drug-likeness (QED) is 0.861. The summed E-state index contributed by atoms with van der Waals surface area (Å²) in [6.45, 7) is 0. The Labute approximate surface area is 97.2 Å². The topological polar surface area (TPSA) is 42.7 Å². The molecular weight excluding hydrogens is 233 g/mol. The molecular formula is C10H15F3N4. The van der Waals surface area contributed by atoms with Gasteiger partial charge in [-0.25, -0.2) is 0 Å². The molecule has 96 valence electrons. The van der Waals surface area contributed by atoms with Gasteiger partial charge >= 0.3 is 6.18 Å². The van der Waals surface area contributed by atoms with E-state index in [1.165, 1.54) is 0 Å². The lowest BCUT2D eigenvalue weighted by Gasteiger charge is -2.31. The Morgan fingerprint density at radius 1 is 1.47 bits per heavy atom. The van der Waals surface area contributed by atoms with Crippen LogP contribution in [0.15, 0.2) is 6.20 Å². The third kappa shape index (κ3) is 3.18. The van der Waals surface area contributed by atoms with Crippen LogP contribution < -0.4 is 5.32 Å². The molecule has 0 saturated carbocycles. The highest BCUT2D eigenvalue weighted by Crippen LogP contribution is 2.28. The third-order valence-electron chi connectivity index (χ3n) is 2.98. The van der Waals surface area contributed by atoms with E-state index in [2.05, 4.69) is 15.6 Å². The fourth-order valence-electron chi connectivity index (χ4n) is 2.18. The summed E-state index contributed by atoms with van der Waals surface area (Å²) in [7, 11) is 1.74. The molecule has 0 radical (unpaired) electrons. The van der Waals surface area contributed by atoms with Gasteiger partial charge in [-0.15, -0.1) is 5.10 Å². The fraction of sp³-hybridized carbons (Fsp3) is 0.800. The second-order valence-electron chi connectivity index (χ2n) is 4.48. The molecule has 1 fully saturated rings. The number of alkyl halides is 3. The molecule has 1 aromatic rings. The Hall–Kier alpha value is -1.11. The van der Waals surface area contributed by atoms with Gasteiger partial charge in [-0.1, -0.05) is 5.21 Å². The van der Waals surface area contributed by atoms with E-state index in [0.29, 0.717) is 12.8 Å². The van der Waals surface area contributed by atoms with E-state index in [9.17, 15) is 13.2 Å². The van der Waals surface area contributed by atoms with Crippen LogP contribution in [0.3, 0.4) is 0 Å². The van der Waals surface area contributed by atoms with Crippen molar-refractivity contribution < 1.29 is 13.2 Å². The Bertz CT molecular complexity index is 374. The van der Waals surface area contributed by atoms with Crippen LogP contribution >= 0.6 is 0 Å². The highest BCUT2D eigenvalue weighted by Gasteiger charge is 2.41. The van der Waals surface area contributed by atoms with Gasteiger partial charge in [-0.3, -0.25) is 4.68 Å². The maximum atomic E-state index is 12.6. The predicted molar refractivity (Wildman–Crippen MR) is 55.3 cm³/mol. The van der Waals surface area contributed by atoms with Crippen LogP contribution in [0.5, 0.6) is 0 Å². The van der Waals surface area contributed by atoms with Crippen molar-refractivity contribution in [2.75, 3.05) is 0 Å². The molecule has 17 heavy (non-hydrogen) atoms. The molecule has 0 amide bonds. The summed E-state index contributed by atoms with van der Waals surface area (Å²) >= 11 is 0. The molecule has 0 aromatic carbocycles. The number of aryl methyl sites for hydroxylation is 1. The smallest absolute Gasteiger partial charge is 0.303 e. The summed E-state index contributed by atoms with van der Waals surface area (Å²) in [5.41, 5.74) is 0.729. The molecule has 1 aliphatic rings. The van der Waals surface area contributed by atoms with Gasteiger partial charge in [0.05, 0.1) is 5.69 Å². The van der Waals surface area contributed by atoms with Crippen molar-refractivity contribution in [3.05, 3.63) is 11.9 Å². The molecule has 0 spiro atoms. The Morgan fingerprint density at radius 3 is 2.82 bits per heavy atom. The first-order valence-electron chi connectivity index (χ1n) is 5.63. The molecule has 2 rings (SSSR count). The first-order chi connectivity index (χ1) is 7.95. The summed E-state index contributed by atoms with van der Waals surface area (Å²) < 4.78 is 39.2. The summed E-state index contributed by atoms with van der Waals surface area (Å²) in [6, 6.07) is -1.54. The minimum Gasteiger partial charge on any atom is -0.303 e. The van der Waals surface area contributed by atoms with Crippen molar-refractivity contribution in [3.63, 3.8) is 0 Å². The van der Waals surface area contributed by atoms with E-state index in [1.54, 1.807) is 17.9 Å². The van der Waals surface area contributed by atoms with E-state index >= 15 is 0 Å². The minimum atomic E-state index is -4.15. The minimum absolute atomic E-state index is 0.160. The zero-order chi connectivity index (χ0) is 12.5. The Kier molecular flexibility index (Phi) is 3.37. The molecule has 1 saturated heterocycles. The number of nitrogens with zero attached hydrogens (tertiary/aromatic N) is 3. The molecule has 4 nitrogen and oxygen atoms in total. The van der Waals surface area contributed by atoms with Crippen molar-refractivity contribution in [1.82, 2.24) is 20.3 Å². The molecule has 2 heterocycles. The number of aromatic nitrogens is 3. The second-order valence-corrected chi connectivity index (χ2v) is 4.48. The molecule has 0 bridgehead atoms. The van der Waals surface area contributed by atoms with Gasteiger partial charge in [0.2, 0.25) is 0 Å². The van der Waals surface area contributed by atoms with Crippen molar-refractivity contribution in [1.29, 1.82) is 0 Å². The second kappa shape index (κ2) is 4.64. The van der Waals surface area contributed by atoms with Crippen molar-refractivity contribution in [2.45, 2.75) is 43.9 Å². The summed E-state index contributed by atoms with van der Waals surface area (Å²) in [5.74, 6) is 0. The first kappa shape index (κ1) is 12.3. The van der Waals surface area contributed by atoms with Crippen molar-refractivity contribution in [3.8, 4) is 0 Å². The van der Waals surface area contributed by atoms with Gasteiger partial charge in [0.25, 0.3) is 0 Å². The highest BCUT2D eigenvalue weighted by molar-refractivity contribution is 4.98. The van der Waals surface area contributed by atoms with Crippen LogP contribution in [-0.4, -0.2) is 33.3 Å². The monoisotopic (exact) mass is 248 g/mol. The zero-order valence-electron chi connectivity index (χ0n) is 9.54. The average Bonchev–Trinajstić information content (AvgIpc) is 2.63. The van der Waals surface area contributed by atoms with Gasteiger partial charge in [0.1, 0.15) is 6.04 Å². The van der Waals surface area contributed by atoms with Crippen LogP contribution in [0.25, 0.3) is 0 Å². The highest BCUT2D eigenvalue weighted by atomic mass is 19.4. The number of nitrogens with one attached hydrogen (secondary N) is 1. The summed E-state index contributed by atoms with van der Waals surface area (Å²) in [4.78, 5) is 0. The molecule has 1 aliphatic heterocycles. The zero-order valence-corrected chi connectivity index (χ0v) is 9.54. The Balaban J connectivity index is 1.94. The third-order valence-corrected chi connectivity index (χ3v) is 2.98. The van der Waals surface area contributed by atoms with E-state index in [0.717, 1.165) is 12.1 Å². The van der Waals surface area contributed by atoms with Gasteiger partial charge in [-0.05, 0) is 19.3 Å². The molecule has 1 N–H and O–H groups in total.